The summed E-state index contributed by atoms with van der Waals surface area (Å²) in [5.41, 5.74) is 0.828. The first-order valence-corrected chi connectivity index (χ1v) is 6.81. The Kier molecular flexibility index (Phi) is 3.65. The van der Waals surface area contributed by atoms with Gasteiger partial charge in [-0.15, -0.1) is 0 Å². The molecule has 6 heteroatoms. The fourth-order valence-corrected chi connectivity index (χ4v) is 2.26. The van der Waals surface area contributed by atoms with E-state index in [1.165, 1.54) is 4.68 Å². The molecule has 0 spiro atoms. The minimum Gasteiger partial charge on any atom is -0.345 e. The summed E-state index contributed by atoms with van der Waals surface area (Å²) in [5.74, 6) is -0.277. The van der Waals surface area contributed by atoms with E-state index in [-0.39, 0.29) is 18.0 Å². The second kappa shape index (κ2) is 5.77. The smallest absolute Gasteiger partial charge is 0.274 e. The molecule has 2 heterocycles. The highest BCUT2D eigenvalue weighted by Gasteiger charge is 2.11. The Labute approximate surface area is 126 Å². The molecule has 0 aliphatic rings. The minimum absolute atomic E-state index is 0.157. The van der Waals surface area contributed by atoms with Gasteiger partial charge in [0, 0.05) is 18.6 Å². The molecule has 0 saturated carbocycles. The maximum atomic E-state index is 12.0. The Morgan fingerprint density at radius 2 is 1.86 bits per heavy atom. The topological polar surface area (TPSA) is 76.9 Å². The van der Waals surface area contributed by atoms with Gasteiger partial charge < -0.3 is 5.32 Å². The van der Waals surface area contributed by atoms with Gasteiger partial charge in [0.25, 0.3) is 11.5 Å². The van der Waals surface area contributed by atoms with Crippen molar-refractivity contribution in [2.45, 2.75) is 6.54 Å². The molecule has 3 rings (SSSR count). The molecule has 0 saturated heterocycles. The van der Waals surface area contributed by atoms with E-state index in [9.17, 15) is 9.59 Å². The Bertz CT molecular complexity index is 888. The lowest BCUT2D eigenvalue weighted by atomic mass is 10.1. The van der Waals surface area contributed by atoms with Crippen LogP contribution in [0.2, 0.25) is 0 Å². The van der Waals surface area contributed by atoms with Crippen LogP contribution in [0.25, 0.3) is 10.8 Å². The van der Waals surface area contributed by atoms with Crippen molar-refractivity contribution in [1.29, 1.82) is 0 Å². The number of aromatic nitrogens is 3. The minimum atomic E-state index is -0.277. The highest BCUT2D eigenvalue weighted by Crippen LogP contribution is 2.12. The Balaban J connectivity index is 1.90. The molecule has 2 aromatic heterocycles. The average Bonchev–Trinajstić information content (AvgIpc) is 2.57. The van der Waals surface area contributed by atoms with Gasteiger partial charge in [-0.2, -0.15) is 5.10 Å². The number of carbonyl (C=O) groups is 1. The zero-order valence-electron chi connectivity index (χ0n) is 12.0. The summed E-state index contributed by atoms with van der Waals surface area (Å²) >= 11 is 0. The lowest BCUT2D eigenvalue weighted by molar-refractivity contribution is 0.0945. The first kappa shape index (κ1) is 13.9. The zero-order chi connectivity index (χ0) is 15.5. The van der Waals surface area contributed by atoms with Crippen molar-refractivity contribution < 1.29 is 4.79 Å². The maximum absolute atomic E-state index is 12.0. The zero-order valence-corrected chi connectivity index (χ0v) is 12.0. The van der Waals surface area contributed by atoms with Crippen molar-refractivity contribution in [2.24, 2.45) is 7.05 Å². The predicted molar refractivity (Wildman–Crippen MR) is 82.4 cm³/mol. The van der Waals surface area contributed by atoms with Gasteiger partial charge in [-0.05, 0) is 18.2 Å². The van der Waals surface area contributed by atoms with Crippen LogP contribution in [0.4, 0.5) is 0 Å². The Hall–Kier alpha value is -3.02. The van der Waals surface area contributed by atoms with Crippen molar-refractivity contribution in [3.63, 3.8) is 0 Å². The van der Waals surface area contributed by atoms with Gasteiger partial charge in [0.1, 0.15) is 5.69 Å². The number of aryl methyl sites for hydroxylation is 1. The first-order valence-electron chi connectivity index (χ1n) is 6.81. The number of amides is 1. The highest BCUT2D eigenvalue weighted by molar-refractivity contribution is 5.92. The molecule has 0 bridgehead atoms. The number of hydrogen-bond donors (Lipinski definition) is 1. The van der Waals surface area contributed by atoms with Crippen molar-refractivity contribution in [1.82, 2.24) is 20.1 Å². The first-order chi connectivity index (χ1) is 10.7. The van der Waals surface area contributed by atoms with E-state index in [1.54, 1.807) is 43.6 Å². The van der Waals surface area contributed by atoms with Crippen LogP contribution in [0.15, 0.2) is 53.5 Å². The molecule has 0 aliphatic carbocycles. The number of pyridine rings is 1. The largest absolute Gasteiger partial charge is 0.345 e. The fourth-order valence-electron chi connectivity index (χ4n) is 2.26. The molecule has 0 aliphatic heterocycles. The number of nitrogens with zero attached hydrogens (tertiary/aromatic N) is 3. The van der Waals surface area contributed by atoms with Crippen LogP contribution >= 0.6 is 0 Å². The Morgan fingerprint density at radius 3 is 2.59 bits per heavy atom. The second-order valence-electron chi connectivity index (χ2n) is 4.82. The van der Waals surface area contributed by atoms with Crippen LogP contribution < -0.4 is 10.9 Å². The van der Waals surface area contributed by atoms with Crippen LogP contribution in [0.1, 0.15) is 16.2 Å². The summed E-state index contributed by atoms with van der Waals surface area (Å²) in [6.45, 7) is 0.226. The normalized spacial score (nSPS) is 10.6. The van der Waals surface area contributed by atoms with E-state index >= 15 is 0 Å². The van der Waals surface area contributed by atoms with Crippen LogP contribution in [0.5, 0.6) is 0 Å². The lowest BCUT2D eigenvalue weighted by Crippen LogP contribution is -2.27. The average molecular weight is 294 g/mol. The summed E-state index contributed by atoms with van der Waals surface area (Å²) < 4.78 is 1.28. The third-order valence-electron chi connectivity index (χ3n) is 3.35. The van der Waals surface area contributed by atoms with Gasteiger partial charge in [0.15, 0.2) is 0 Å². The van der Waals surface area contributed by atoms with E-state index in [1.807, 2.05) is 12.1 Å². The van der Waals surface area contributed by atoms with Gasteiger partial charge in [-0.3, -0.25) is 14.6 Å². The summed E-state index contributed by atoms with van der Waals surface area (Å²) in [7, 11) is 1.60. The Morgan fingerprint density at radius 1 is 1.14 bits per heavy atom. The quantitative estimate of drug-likeness (QED) is 0.789. The van der Waals surface area contributed by atoms with Crippen LogP contribution in [0.3, 0.4) is 0 Å². The molecule has 6 nitrogen and oxygen atoms in total. The molecule has 110 valence electrons. The molecular weight excluding hydrogens is 280 g/mol. The molecule has 0 radical (unpaired) electrons. The standard InChI is InChI=1S/C16H14N4O2/c1-20-16(22)12-7-3-2-6-11(12)14(19-20)10-18-15(21)13-8-4-5-9-17-13/h2-9H,10H2,1H3,(H,18,21). The molecule has 0 unspecified atom stereocenters. The third-order valence-corrected chi connectivity index (χ3v) is 3.35. The number of rotatable bonds is 3. The number of fused-ring (bicyclic) bond motifs is 1. The van der Waals surface area contributed by atoms with Gasteiger partial charge in [0.05, 0.1) is 17.6 Å². The summed E-state index contributed by atoms with van der Waals surface area (Å²) in [5, 5.41) is 8.34. The van der Waals surface area contributed by atoms with Crippen LogP contribution in [0, 0.1) is 0 Å². The summed E-state index contributed by atoms with van der Waals surface area (Å²) in [4.78, 5) is 28.1. The summed E-state index contributed by atoms with van der Waals surface area (Å²) in [6.07, 6.45) is 1.56. The van der Waals surface area contributed by atoms with Crippen molar-refractivity contribution >= 4 is 16.7 Å². The number of carbonyl (C=O) groups excluding carboxylic acids is 1. The highest BCUT2D eigenvalue weighted by atomic mass is 16.2. The van der Waals surface area contributed by atoms with Gasteiger partial charge in [0.2, 0.25) is 0 Å². The molecule has 1 amide bonds. The van der Waals surface area contributed by atoms with E-state index in [0.717, 1.165) is 5.39 Å². The molecule has 3 aromatic rings. The van der Waals surface area contributed by atoms with Crippen molar-refractivity contribution in [3.05, 3.63) is 70.4 Å². The monoisotopic (exact) mass is 294 g/mol. The van der Waals surface area contributed by atoms with E-state index in [2.05, 4.69) is 15.4 Å². The second-order valence-corrected chi connectivity index (χ2v) is 4.82. The van der Waals surface area contributed by atoms with Crippen molar-refractivity contribution in [3.8, 4) is 0 Å². The number of hydrogen-bond acceptors (Lipinski definition) is 4. The third kappa shape index (κ3) is 2.58. The fraction of sp³-hybridized carbons (Fsp3) is 0.125. The molecule has 1 N–H and O–H groups in total. The van der Waals surface area contributed by atoms with Gasteiger partial charge in [-0.1, -0.05) is 24.3 Å². The molecule has 0 fully saturated rings. The van der Waals surface area contributed by atoms with Crippen LogP contribution in [-0.2, 0) is 13.6 Å². The van der Waals surface area contributed by atoms with E-state index in [4.69, 9.17) is 0 Å². The van der Waals surface area contributed by atoms with Gasteiger partial charge >= 0.3 is 0 Å². The number of nitrogens with one attached hydrogen (secondary N) is 1. The van der Waals surface area contributed by atoms with E-state index in [0.29, 0.717) is 16.8 Å². The lowest BCUT2D eigenvalue weighted by Gasteiger charge is -2.09. The molecule has 0 atom stereocenters. The number of benzene rings is 1. The van der Waals surface area contributed by atoms with Gasteiger partial charge in [-0.25, -0.2) is 4.68 Å². The van der Waals surface area contributed by atoms with Crippen LogP contribution in [-0.4, -0.2) is 20.7 Å². The molecule has 22 heavy (non-hydrogen) atoms. The molecule has 1 aromatic carbocycles. The SMILES string of the molecule is Cn1nc(CNC(=O)c2ccccn2)c2ccccc2c1=O. The predicted octanol–water partition coefficient (Wildman–Crippen LogP) is 1.26. The van der Waals surface area contributed by atoms with Crippen molar-refractivity contribution in [2.75, 3.05) is 0 Å². The van der Waals surface area contributed by atoms with E-state index < -0.39 is 0 Å². The summed E-state index contributed by atoms with van der Waals surface area (Å²) in [6, 6.07) is 12.4. The molecular formula is C16H14N4O2. The maximum Gasteiger partial charge on any atom is 0.274 e.